The summed E-state index contributed by atoms with van der Waals surface area (Å²) in [4.78, 5) is 0. The van der Waals surface area contributed by atoms with Gasteiger partial charge in [-0.05, 0) is 25.2 Å². The first-order valence-corrected chi connectivity index (χ1v) is 5.54. The van der Waals surface area contributed by atoms with Gasteiger partial charge in [-0.15, -0.1) is 0 Å². The van der Waals surface area contributed by atoms with E-state index in [0.29, 0.717) is 11.5 Å². The Morgan fingerprint density at radius 1 is 1.46 bits per heavy atom. The molecule has 2 aliphatic rings. The molecule has 1 heterocycles. The van der Waals surface area contributed by atoms with Gasteiger partial charge in [-0.3, -0.25) is 0 Å². The summed E-state index contributed by atoms with van der Waals surface area (Å²) in [7, 11) is 0. The highest BCUT2D eigenvalue weighted by atomic mass is 16.5. The molecule has 2 heteroatoms. The first kappa shape index (κ1) is 9.47. The maximum absolute atomic E-state index is 5.55. The van der Waals surface area contributed by atoms with E-state index in [2.05, 4.69) is 19.2 Å². The Kier molecular flexibility index (Phi) is 2.61. The molecule has 1 unspecified atom stereocenters. The lowest BCUT2D eigenvalue weighted by Crippen LogP contribution is -2.39. The predicted octanol–water partition coefficient (Wildman–Crippen LogP) is 1.80. The minimum atomic E-state index is 0.504. The van der Waals surface area contributed by atoms with Crippen molar-refractivity contribution in [1.82, 2.24) is 5.32 Å². The summed E-state index contributed by atoms with van der Waals surface area (Å²) in [6, 6.07) is 0.608. The molecule has 13 heavy (non-hydrogen) atoms. The molecule has 1 saturated heterocycles. The van der Waals surface area contributed by atoms with Crippen LogP contribution < -0.4 is 5.32 Å². The van der Waals surface area contributed by atoms with E-state index >= 15 is 0 Å². The van der Waals surface area contributed by atoms with Crippen molar-refractivity contribution in [3.63, 3.8) is 0 Å². The molecule has 0 radical (unpaired) electrons. The van der Waals surface area contributed by atoms with Crippen LogP contribution in [0.25, 0.3) is 0 Å². The molecule has 0 spiro atoms. The molecule has 2 rings (SSSR count). The van der Waals surface area contributed by atoms with Crippen LogP contribution in [0.3, 0.4) is 0 Å². The zero-order valence-corrected chi connectivity index (χ0v) is 8.81. The summed E-state index contributed by atoms with van der Waals surface area (Å²) in [5, 5.41) is 3.57. The summed E-state index contributed by atoms with van der Waals surface area (Å²) >= 11 is 0. The van der Waals surface area contributed by atoms with Crippen LogP contribution in [0.15, 0.2) is 0 Å². The molecule has 0 aromatic carbocycles. The Bertz CT molecular complexity index is 169. The molecule has 1 aliphatic heterocycles. The highest BCUT2D eigenvalue weighted by Gasteiger charge is 2.47. The lowest BCUT2D eigenvalue weighted by Gasteiger charge is -2.28. The van der Waals surface area contributed by atoms with Crippen molar-refractivity contribution in [2.75, 3.05) is 19.8 Å². The van der Waals surface area contributed by atoms with Crippen LogP contribution in [-0.2, 0) is 4.74 Å². The average molecular weight is 183 g/mol. The van der Waals surface area contributed by atoms with Crippen molar-refractivity contribution in [3.8, 4) is 0 Å². The van der Waals surface area contributed by atoms with Gasteiger partial charge >= 0.3 is 0 Å². The molecule has 1 atom stereocenters. The Labute approximate surface area is 81.0 Å². The highest BCUT2D eigenvalue weighted by Crippen LogP contribution is 2.49. The second-order valence-corrected chi connectivity index (χ2v) is 4.97. The maximum Gasteiger partial charge on any atom is 0.0538 e. The Balaban J connectivity index is 1.89. The molecule has 1 saturated carbocycles. The van der Waals surface area contributed by atoms with Crippen LogP contribution in [0.2, 0.25) is 0 Å². The highest BCUT2D eigenvalue weighted by molar-refractivity contribution is 4.97. The molecular weight excluding hydrogens is 162 g/mol. The third-order valence-electron chi connectivity index (χ3n) is 3.44. The first-order valence-electron chi connectivity index (χ1n) is 5.54. The maximum atomic E-state index is 5.55. The zero-order chi connectivity index (χ0) is 9.31. The van der Waals surface area contributed by atoms with Crippen LogP contribution in [0.1, 0.15) is 33.1 Å². The lowest BCUT2D eigenvalue weighted by atomic mass is 9.81. The van der Waals surface area contributed by atoms with E-state index in [0.717, 1.165) is 25.7 Å². The van der Waals surface area contributed by atoms with Crippen LogP contribution >= 0.6 is 0 Å². The minimum Gasteiger partial charge on any atom is -0.381 e. The van der Waals surface area contributed by atoms with Crippen molar-refractivity contribution in [1.29, 1.82) is 0 Å². The average Bonchev–Trinajstić information content (AvgIpc) is 2.84. The predicted molar refractivity (Wildman–Crippen MR) is 53.7 cm³/mol. The van der Waals surface area contributed by atoms with Crippen LogP contribution in [0, 0.1) is 11.3 Å². The Morgan fingerprint density at radius 3 is 2.69 bits per heavy atom. The fourth-order valence-corrected chi connectivity index (χ4v) is 2.33. The van der Waals surface area contributed by atoms with E-state index in [-0.39, 0.29) is 0 Å². The molecule has 0 bridgehead atoms. The number of hydrogen-bond acceptors (Lipinski definition) is 2. The van der Waals surface area contributed by atoms with Crippen LogP contribution in [0.4, 0.5) is 0 Å². The van der Waals surface area contributed by atoms with Crippen molar-refractivity contribution >= 4 is 0 Å². The van der Waals surface area contributed by atoms with Gasteiger partial charge in [0.15, 0.2) is 0 Å². The molecule has 2 nitrogen and oxygen atoms in total. The van der Waals surface area contributed by atoms with E-state index in [9.17, 15) is 0 Å². The second-order valence-electron chi connectivity index (χ2n) is 4.97. The first-order chi connectivity index (χ1) is 6.23. The fourth-order valence-electron chi connectivity index (χ4n) is 2.33. The summed E-state index contributed by atoms with van der Waals surface area (Å²) in [6.45, 7) is 7.58. The van der Waals surface area contributed by atoms with Crippen LogP contribution in [-0.4, -0.2) is 25.8 Å². The van der Waals surface area contributed by atoms with E-state index in [4.69, 9.17) is 4.74 Å². The molecular formula is C11H21NO. The van der Waals surface area contributed by atoms with Gasteiger partial charge in [0.25, 0.3) is 0 Å². The van der Waals surface area contributed by atoms with E-state index < -0.39 is 0 Å². The Hall–Kier alpha value is -0.0800. The van der Waals surface area contributed by atoms with Crippen molar-refractivity contribution in [2.24, 2.45) is 11.3 Å². The topological polar surface area (TPSA) is 21.3 Å². The summed E-state index contributed by atoms with van der Waals surface area (Å²) < 4.78 is 5.55. The monoisotopic (exact) mass is 183 g/mol. The molecule has 2 fully saturated rings. The van der Waals surface area contributed by atoms with E-state index in [1.54, 1.807) is 0 Å². The molecule has 0 amide bonds. The molecule has 76 valence electrons. The number of hydrogen-bond donors (Lipinski definition) is 1. The lowest BCUT2D eigenvalue weighted by molar-refractivity contribution is 0.134. The fraction of sp³-hybridized carbons (Fsp3) is 1.00. The van der Waals surface area contributed by atoms with Gasteiger partial charge < -0.3 is 10.1 Å². The van der Waals surface area contributed by atoms with E-state index in [1.165, 1.54) is 19.3 Å². The van der Waals surface area contributed by atoms with E-state index in [1.807, 2.05) is 0 Å². The molecule has 0 aromatic heterocycles. The molecule has 0 aromatic rings. The van der Waals surface area contributed by atoms with Crippen molar-refractivity contribution < 1.29 is 4.74 Å². The van der Waals surface area contributed by atoms with Gasteiger partial charge in [-0.25, -0.2) is 0 Å². The SMILES string of the molecule is CC(C)NCC1(C2CC2)CCOC1. The van der Waals surface area contributed by atoms with Crippen LogP contribution in [0.5, 0.6) is 0 Å². The van der Waals surface area contributed by atoms with Gasteiger partial charge in [0, 0.05) is 24.6 Å². The molecule has 1 N–H and O–H groups in total. The quantitative estimate of drug-likeness (QED) is 0.717. The Morgan fingerprint density at radius 2 is 2.23 bits per heavy atom. The van der Waals surface area contributed by atoms with Gasteiger partial charge in [0.2, 0.25) is 0 Å². The number of rotatable bonds is 4. The number of ether oxygens (including phenoxy) is 1. The van der Waals surface area contributed by atoms with Gasteiger partial charge in [-0.2, -0.15) is 0 Å². The third-order valence-corrected chi connectivity index (χ3v) is 3.44. The van der Waals surface area contributed by atoms with Gasteiger partial charge in [-0.1, -0.05) is 13.8 Å². The second kappa shape index (κ2) is 3.58. The van der Waals surface area contributed by atoms with Gasteiger partial charge in [0.1, 0.15) is 0 Å². The molecule has 1 aliphatic carbocycles. The summed E-state index contributed by atoms with van der Waals surface area (Å²) in [5.74, 6) is 0.959. The summed E-state index contributed by atoms with van der Waals surface area (Å²) in [6.07, 6.45) is 4.14. The smallest absolute Gasteiger partial charge is 0.0538 e. The number of nitrogens with one attached hydrogen (secondary N) is 1. The normalized spacial score (nSPS) is 34.4. The minimum absolute atomic E-state index is 0.504. The largest absolute Gasteiger partial charge is 0.381 e. The zero-order valence-electron chi connectivity index (χ0n) is 8.81. The third kappa shape index (κ3) is 2.05. The summed E-state index contributed by atoms with van der Waals surface area (Å²) in [5.41, 5.74) is 0.504. The van der Waals surface area contributed by atoms with Crippen molar-refractivity contribution in [2.45, 2.75) is 39.2 Å². The van der Waals surface area contributed by atoms with Gasteiger partial charge in [0.05, 0.1) is 6.61 Å². The van der Waals surface area contributed by atoms with Crippen molar-refractivity contribution in [3.05, 3.63) is 0 Å². The standard InChI is InChI=1S/C11H21NO/c1-9(2)12-7-11(10-3-4-10)5-6-13-8-11/h9-10,12H,3-8H2,1-2H3.